The predicted octanol–water partition coefficient (Wildman–Crippen LogP) is 0.749. The van der Waals surface area contributed by atoms with Gasteiger partial charge in [-0.1, -0.05) is 0 Å². The Bertz CT molecular complexity index is 235. The molecule has 0 aromatic carbocycles. The number of rotatable bonds is 4. The van der Waals surface area contributed by atoms with E-state index < -0.39 is 0 Å². The second-order valence-corrected chi connectivity index (χ2v) is 4.87. The van der Waals surface area contributed by atoms with Crippen molar-refractivity contribution in [1.29, 1.82) is 0 Å². The smallest absolute Gasteiger partial charge is 0.0558 e. The molecule has 0 amide bonds. The minimum atomic E-state index is 0.252. The van der Waals surface area contributed by atoms with Gasteiger partial charge in [-0.2, -0.15) is 0 Å². The number of β-amino-alcohol motifs (C(OH)–C–C–N with tert-alkyl or cyclic N) is 1. The van der Waals surface area contributed by atoms with E-state index in [1.807, 2.05) is 6.21 Å². The first-order valence-electron chi connectivity index (χ1n) is 5.20. The Labute approximate surface area is 104 Å². The quantitative estimate of drug-likeness (QED) is 0.593. The maximum atomic E-state index is 8.80. The van der Waals surface area contributed by atoms with Crippen molar-refractivity contribution in [1.82, 2.24) is 4.90 Å². The Balaban J connectivity index is 2.28. The summed E-state index contributed by atoms with van der Waals surface area (Å²) >= 11 is 2.16. The van der Waals surface area contributed by atoms with Gasteiger partial charge < -0.3 is 15.7 Å². The van der Waals surface area contributed by atoms with Crippen LogP contribution in [0.3, 0.4) is 0 Å². The zero-order valence-electron chi connectivity index (χ0n) is 8.77. The van der Waals surface area contributed by atoms with Gasteiger partial charge in [0.05, 0.1) is 12.6 Å². The number of nitrogens with zero attached hydrogens (tertiary/aromatic N) is 2. The molecular weight excluding hydrogens is 305 g/mol. The van der Waals surface area contributed by atoms with Gasteiger partial charge in [0.25, 0.3) is 0 Å². The Morgan fingerprint density at radius 3 is 2.73 bits per heavy atom. The summed E-state index contributed by atoms with van der Waals surface area (Å²) in [5.74, 6) is 0. The molecule has 1 fully saturated rings. The Kier molecular flexibility index (Phi) is 6.19. The number of likely N-dealkylation sites (tertiary alicyclic amines) is 1. The molecular formula is C10H18IN3O. The van der Waals surface area contributed by atoms with Gasteiger partial charge in [-0.15, -0.1) is 0 Å². The average molecular weight is 323 g/mol. The van der Waals surface area contributed by atoms with Gasteiger partial charge in [0.15, 0.2) is 0 Å². The summed E-state index contributed by atoms with van der Waals surface area (Å²) in [4.78, 5) is 6.75. The van der Waals surface area contributed by atoms with Crippen LogP contribution in [0.4, 0.5) is 0 Å². The number of halogens is 1. The van der Waals surface area contributed by atoms with E-state index in [1.165, 1.54) is 0 Å². The SMILES string of the molecule is NC=C(I)C=NC1CCN(CCO)CC1. The predicted molar refractivity (Wildman–Crippen MR) is 71.3 cm³/mol. The van der Waals surface area contributed by atoms with Crippen molar-refractivity contribution in [2.75, 3.05) is 26.2 Å². The first kappa shape index (κ1) is 12.9. The van der Waals surface area contributed by atoms with Crippen LogP contribution in [-0.4, -0.2) is 48.5 Å². The topological polar surface area (TPSA) is 61.8 Å². The molecule has 1 saturated heterocycles. The average Bonchev–Trinajstić information content (AvgIpc) is 2.28. The first-order chi connectivity index (χ1) is 7.26. The lowest BCUT2D eigenvalue weighted by atomic mass is 10.1. The third kappa shape index (κ3) is 4.94. The van der Waals surface area contributed by atoms with Crippen LogP contribution in [0.15, 0.2) is 14.8 Å². The summed E-state index contributed by atoms with van der Waals surface area (Å²) in [6.45, 7) is 3.11. The molecule has 1 aliphatic rings. The summed E-state index contributed by atoms with van der Waals surface area (Å²) in [6.07, 6.45) is 5.55. The molecule has 0 saturated carbocycles. The number of hydrogen-bond acceptors (Lipinski definition) is 4. The van der Waals surface area contributed by atoms with Gasteiger partial charge in [0.2, 0.25) is 0 Å². The fourth-order valence-corrected chi connectivity index (χ4v) is 1.81. The fourth-order valence-electron chi connectivity index (χ4n) is 1.65. The van der Waals surface area contributed by atoms with E-state index in [0.29, 0.717) is 6.04 Å². The lowest BCUT2D eigenvalue weighted by molar-refractivity contribution is 0.165. The highest BCUT2D eigenvalue weighted by molar-refractivity contribution is 14.1. The molecule has 1 aliphatic heterocycles. The molecule has 5 heteroatoms. The molecule has 4 nitrogen and oxygen atoms in total. The Morgan fingerprint density at radius 1 is 1.53 bits per heavy atom. The number of aliphatic imine (C=N–C) groups is 1. The molecule has 15 heavy (non-hydrogen) atoms. The van der Waals surface area contributed by atoms with Gasteiger partial charge >= 0.3 is 0 Å². The largest absolute Gasteiger partial charge is 0.404 e. The number of allylic oxidation sites excluding steroid dienone is 1. The van der Waals surface area contributed by atoms with Crippen molar-refractivity contribution < 1.29 is 5.11 Å². The zero-order chi connectivity index (χ0) is 11.1. The summed E-state index contributed by atoms with van der Waals surface area (Å²) in [6, 6.07) is 0.421. The van der Waals surface area contributed by atoms with Crippen LogP contribution < -0.4 is 5.73 Å². The van der Waals surface area contributed by atoms with Crippen LogP contribution in [0.5, 0.6) is 0 Å². The maximum absolute atomic E-state index is 8.80. The highest BCUT2D eigenvalue weighted by Gasteiger charge is 2.17. The minimum Gasteiger partial charge on any atom is -0.404 e. The molecule has 0 unspecified atom stereocenters. The molecule has 3 N–H and O–H groups in total. The lowest BCUT2D eigenvalue weighted by Gasteiger charge is -2.29. The first-order valence-corrected chi connectivity index (χ1v) is 6.28. The van der Waals surface area contributed by atoms with Gasteiger partial charge in [0.1, 0.15) is 0 Å². The van der Waals surface area contributed by atoms with E-state index in [4.69, 9.17) is 10.8 Å². The summed E-state index contributed by atoms with van der Waals surface area (Å²) < 4.78 is 0.977. The van der Waals surface area contributed by atoms with Crippen molar-refractivity contribution in [2.24, 2.45) is 10.7 Å². The molecule has 0 radical (unpaired) electrons. The van der Waals surface area contributed by atoms with Crippen molar-refractivity contribution in [3.05, 3.63) is 9.78 Å². The highest BCUT2D eigenvalue weighted by Crippen LogP contribution is 2.13. The third-order valence-electron chi connectivity index (χ3n) is 2.54. The van der Waals surface area contributed by atoms with E-state index >= 15 is 0 Å². The molecule has 86 valence electrons. The standard InChI is InChI=1S/C10H18IN3O/c11-9(7-12)8-13-10-1-3-14(4-2-10)5-6-15/h7-8,10,15H,1-6,12H2. The normalized spacial score (nSPS) is 21.3. The molecule has 0 aliphatic carbocycles. The van der Waals surface area contributed by atoms with E-state index in [1.54, 1.807) is 6.20 Å². The Morgan fingerprint density at radius 2 is 2.20 bits per heavy atom. The van der Waals surface area contributed by atoms with Crippen LogP contribution in [0.1, 0.15) is 12.8 Å². The van der Waals surface area contributed by atoms with Crippen molar-refractivity contribution in [3.63, 3.8) is 0 Å². The fraction of sp³-hybridized carbons (Fsp3) is 0.700. The van der Waals surface area contributed by atoms with Crippen LogP contribution in [0, 0.1) is 0 Å². The number of piperidine rings is 1. The molecule has 0 aromatic rings. The number of nitrogens with two attached hydrogens (primary N) is 1. The minimum absolute atomic E-state index is 0.252. The van der Waals surface area contributed by atoms with E-state index in [0.717, 1.165) is 36.1 Å². The monoisotopic (exact) mass is 323 g/mol. The summed E-state index contributed by atoms with van der Waals surface area (Å²) in [5.41, 5.74) is 5.35. The summed E-state index contributed by atoms with van der Waals surface area (Å²) in [5, 5.41) is 8.80. The molecule has 1 heterocycles. The number of hydrogen-bond donors (Lipinski definition) is 2. The van der Waals surface area contributed by atoms with Gasteiger partial charge in [-0.05, 0) is 35.4 Å². The zero-order valence-corrected chi connectivity index (χ0v) is 10.9. The highest BCUT2D eigenvalue weighted by atomic mass is 127. The van der Waals surface area contributed by atoms with E-state index in [2.05, 4.69) is 32.5 Å². The summed E-state index contributed by atoms with van der Waals surface area (Å²) in [7, 11) is 0. The lowest BCUT2D eigenvalue weighted by Crippen LogP contribution is -2.37. The van der Waals surface area contributed by atoms with Gasteiger partial charge in [-0.25, -0.2) is 0 Å². The third-order valence-corrected chi connectivity index (χ3v) is 3.18. The van der Waals surface area contributed by atoms with Crippen LogP contribution >= 0.6 is 22.6 Å². The van der Waals surface area contributed by atoms with Gasteiger partial charge in [-0.3, -0.25) is 4.99 Å². The molecule has 0 spiro atoms. The number of aliphatic hydroxyl groups is 1. The molecule has 1 rings (SSSR count). The van der Waals surface area contributed by atoms with Crippen molar-refractivity contribution >= 4 is 28.8 Å². The molecule has 0 atom stereocenters. The second kappa shape index (κ2) is 7.19. The van der Waals surface area contributed by atoms with E-state index in [-0.39, 0.29) is 6.61 Å². The second-order valence-electron chi connectivity index (χ2n) is 3.63. The van der Waals surface area contributed by atoms with Crippen molar-refractivity contribution in [3.8, 4) is 0 Å². The molecule has 0 bridgehead atoms. The van der Waals surface area contributed by atoms with Crippen LogP contribution in [0.25, 0.3) is 0 Å². The van der Waals surface area contributed by atoms with E-state index in [9.17, 15) is 0 Å². The van der Waals surface area contributed by atoms with Crippen LogP contribution in [0.2, 0.25) is 0 Å². The molecule has 0 aromatic heterocycles. The van der Waals surface area contributed by atoms with Gasteiger partial charge in [0, 0.05) is 35.6 Å². The Hall–Kier alpha value is -0.140. The van der Waals surface area contributed by atoms with Crippen LogP contribution in [-0.2, 0) is 0 Å². The number of aliphatic hydroxyl groups excluding tert-OH is 1. The maximum Gasteiger partial charge on any atom is 0.0558 e. The van der Waals surface area contributed by atoms with Crippen molar-refractivity contribution in [2.45, 2.75) is 18.9 Å².